The van der Waals surface area contributed by atoms with Crippen LogP contribution in [-0.4, -0.2) is 29.5 Å². The maximum atomic E-state index is 12.3. The largest absolute Gasteiger partial charge is 0.405 e. The topological polar surface area (TPSA) is 71.1 Å². The van der Waals surface area contributed by atoms with Crippen molar-refractivity contribution in [2.45, 2.75) is 31.9 Å². The van der Waals surface area contributed by atoms with Gasteiger partial charge in [0.1, 0.15) is 6.54 Å². The summed E-state index contributed by atoms with van der Waals surface area (Å²) in [6.07, 6.45) is -2.09. The number of halogens is 3. The molecule has 9 heteroatoms. The molecule has 0 fully saturated rings. The van der Waals surface area contributed by atoms with Gasteiger partial charge in [-0.1, -0.05) is 24.3 Å². The number of benzene rings is 2. The van der Waals surface area contributed by atoms with Crippen LogP contribution in [0.4, 0.5) is 18.9 Å². The molecule has 5 nitrogen and oxygen atoms in total. The van der Waals surface area contributed by atoms with Crippen LogP contribution < -0.4 is 10.6 Å². The number of amides is 2. The SMILES string of the molecule is O=C(CCCCc1nc2ccccc2s1)Nc1ccccc1C(=O)NCC(F)(F)F. The zero-order chi connectivity index (χ0) is 21.6. The third kappa shape index (κ3) is 6.28. The number of nitrogens with zero attached hydrogens (tertiary/aromatic N) is 1. The molecule has 0 spiro atoms. The number of fused-ring (bicyclic) bond motifs is 1. The number of carbonyl (C=O) groups excluding carboxylic acids is 2. The molecule has 158 valence electrons. The van der Waals surface area contributed by atoms with E-state index < -0.39 is 18.6 Å². The summed E-state index contributed by atoms with van der Waals surface area (Å²) in [4.78, 5) is 28.8. The Morgan fingerprint density at radius 1 is 1.00 bits per heavy atom. The number of thiazole rings is 1. The summed E-state index contributed by atoms with van der Waals surface area (Å²) in [5, 5.41) is 5.44. The van der Waals surface area contributed by atoms with Crippen molar-refractivity contribution in [2.75, 3.05) is 11.9 Å². The predicted molar refractivity (Wildman–Crippen MR) is 111 cm³/mol. The van der Waals surface area contributed by atoms with E-state index in [1.807, 2.05) is 29.6 Å². The minimum Gasteiger partial charge on any atom is -0.343 e. The van der Waals surface area contributed by atoms with Crippen LogP contribution >= 0.6 is 11.3 Å². The van der Waals surface area contributed by atoms with Gasteiger partial charge in [-0.3, -0.25) is 9.59 Å². The predicted octanol–water partition coefficient (Wildman–Crippen LogP) is 4.94. The van der Waals surface area contributed by atoms with Gasteiger partial charge in [0.15, 0.2) is 0 Å². The maximum absolute atomic E-state index is 12.3. The third-order valence-electron chi connectivity index (χ3n) is 4.28. The van der Waals surface area contributed by atoms with Gasteiger partial charge in [-0.15, -0.1) is 11.3 Å². The number of hydrogen-bond donors (Lipinski definition) is 2. The first-order valence-electron chi connectivity index (χ1n) is 9.40. The lowest BCUT2D eigenvalue weighted by Gasteiger charge is -2.12. The highest BCUT2D eigenvalue weighted by Gasteiger charge is 2.28. The van der Waals surface area contributed by atoms with Crippen molar-refractivity contribution < 1.29 is 22.8 Å². The Labute approximate surface area is 175 Å². The second-order valence-corrected chi connectivity index (χ2v) is 7.79. The molecular weight excluding hydrogens is 415 g/mol. The molecule has 0 bridgehead atoms. The number of aromatic nitrogens is 1. The van der Waals surface area contributed by atoms with E-state index in [-0.39, 0.29) is 23.6 Å². The molecular formula is C21H20F3N3O2S. The molecule has 2 N–H and O–H groups in total. The third-order valence-corrected chi connectivity index (χ3v) is 5.37. The van der Waals surface area contributed by atoms with Crippen LogP contribution in [0.1, 0.15) is 34.6 Å². The minimum atomic E-state index is -4.50. The molecule has 0 unspecified atom stereocenters. The van der Waals surface area contributed by atoms with Crippen LogP contribution in [-0.2, 0) is 11.2 Å². The van der Waals surface area contributed by atoms with Crippen LogP contribution in [0.25, 0.3) is 10.2 Å². The molecule has 0 radical (unpaired) electrons. The van der Waals surface area contributed by atoms with E-state index in [2.05, 4.69) is 10.3 Å². The molecule has 2 aromatic carbocycles. The Hall–Kier alpha value is -2.94. The number of carbonyl (C=O) groups is 2. The summed E-state index contributed by atoms with van der Waals surface area (Å²) >= 11 is 1.63. The van der Waals surface area contributed by atoms with E-state index in [9.17, 15) is 22.8 Å². The van der Waals surface area contributed by atoms with Gasteiger partial charge in [0.25, 0.3) is 5.91 Å². The van der Waals surface area contributed by atoms with Gasteiger partial charge in [0, 0.05) is 6.42 Å². The molecule has 0 aliphatic heterocycles. The van der Waals surface area contributed by atoms with Gasteiger partial charge >= 0.3 is 6.18 Å². The summed E-state index contributed by atoms with van der Waals surface area (Å²) in [5.74, 6) is -1.19. The number of anilines is 1. The Kier molecular flexibility index (Phi) is 7.04. The van der Waals surface area contributed by atoms with Gasteiger partial charge in [-0.2, -0.15) is 13.2 Å². The molecule has 0 atom stereocenters. The van der Waals surface area contributed by atoms with Gasteiger partial charge in [-0.05, 0) is 43.5 Å². The Balaban J connectivity index is 1.48. The Morgan fingerprint density at radius 2 is 1.73 bits per heavy atom. The maximum Gasteiger partial charge on any atom is 0.405 e. The number of rotatable bonds is 8. The highest BCUT2D eigenvalue weighted by molar-refractivity contribution is 7.18. The molecule has 0 aliphatic rings. The van der Waals surface area contributed by atoms with E-state index in [4.69, 9.17) is 0 Å². The Morgan fingerprint density at radius 3 is 2.50 bits per heavy atom. The summed E-state index contributed by atoms with van der Waals surface area (Å²) in [5.41, 5.74) is 1.15. The quantitative estimate of drug-likeness (QED) is 0.493. The molecule has 3 rings (SSSR count). The highest BCUT2D eigenvalue weighted by atomic mass is 32.1. The van der Waals surface area contributed by atoms with E-state index >= 15 is 0 Å². The van der Waals surface area contributed by atoms with Crippen molar-refractivity contribution in [3.63, 3.8) is 0 Å². The number of unbranched alkanes of at least 4 members (excludes halogenated alkanes) is 1. The van der Waals surface area contributed by atoms with Crippen LogP contribution in [0.3, 0.4) is 0 Å². The van der Waals surface area contributed by atoms with Gasteiger partial charge in [-0.25, -0.2) is 4.98 Å². The number of hydrogen-bond acceptors (Lipinski definition) is 4. The van der Waals surface area contributed by atoms with Crippen LogP contribution in [0.15, 0.2) is 48.5 Å². The molecule has 2 amide bonds. The highest BCUT2D eigenvalue weighted by Crippen LogP contribution is 2.23. The first-order chi connectivity index (χ1) is 14.3. The van der Waals surface area contributed by atoms with E-state index in [1.54, 1.807) is 17.4 Å². The van der Waals surface area contributed by atoms with Crippen LogP contribution in [0.2, 0.25) is 0 Å². The Bertz CT molecular complexity index is 1000. The van der Waals surface area contributed by atoms with Crippen molar-refractivity contribution in [1.29, 1.82) is 0 Å². The van der Waals surface area contributed by atoms with E-state index in [1.165, 1.54) is 18.2 Å². The van der Waals surface area contributed by atoms with Crippen molar-refractivity contribution in [2.24, 2.45) is 0 Å². The van der Waals surface area contributed by atoms with Crippen LogP contribution in [0, 0.1) is 0 Å². The van der Waals surface area contributed by atoms with Crippen LogP contribution in [0.5, 0.6) is 0 Å². The molecule has 3 aromatic rings. The molecule has 1 heterocycles. The van der Waals surface area contributed by atoms with Crippen molar-refractivity contribution in [3.05, 3.63) is 59.1 Å². The lowest BCUT2D eigenvalue weighted by atomic mass is 10.1. The fourth-order valence-corrected chi connectivity index (χ4v) is 3.88. The summed E-state index contributed by atoms with van der Waals surface area (Å²) < 4.78 is 38.1. The first kappa shape index (κ1) is 21.8. The van der Waals surface area contributed by atoms with Gasteiger partial charge < -0.3 is 10.6 Å². The molecule has 1 aromatic heterocycles. The number of nitrogens with one attached hydrogen (secondary N) is 2. The lowest BCUT2D eigenvalue weighted by molar-refractivity contribution is -0.123. The average Bonchev–Trinajstić information content (AvgIpc) is 3.12. The molecule has 0 saturated carbocycles. The molecule has 0 saturated heterocycles. The molecule has 30 heavy (non-hydrogen) atoms. The van der Waals surface area contributed by atoms with E-state index in [0.29, 0.717) is 6.42 Å². The van der Waals surface area contributed by atoms with Crippen molar-refractivity contribution >= 4 is 39.1 Å². The zero-order valence-electron chi connectivity index (χ0n) is 16.0. The standard InChI is InChI=1S/C21H20F3N3O2S/c22-21(23,24)13-25-20(29)14-7-1-2-8-15(14)26-18(28)11-5-6-12-19-27-16-9-3-4-10-17(16)30-19/h1-4,7-10H,5-6,11-13H2,(H,25,29)(H,26,28). The monoisotopic (exact) mass is 435 g/mol. The second kappa shape index (κ2) is 9.71. The lowest BCUT2D eigenvalue weighted by Crippen LogP contribution is -2.34. The number of para-hydroxylation sites is 2. The van der Waals surface area contributed by atoms with Gasteiger partial charge in [0.05, 0.1) is 26.5 Å². The fourth-order valence-electron chi connectivity index (χ4n) is 2.87. The normalized spacial score (nSPS) is 11.4. The second-order valence-electron chi connectivity index (χ2n) is 6.67. The summed E-state index contributed by atoms with van der Waals surface area (Å²) in [7, 11) is 0. The number of alkyl halides is 3. The summed E-state index contributed by atoms with van der Waals surface area (Å²) in [6, 6.07) is 13.9. The summed E-state index contributed by atoms with van der Waals surface area (Å²) in [6.45, 7) is -1.43. The van der Waals surface area contributed by atoms with Crippen molar-refractivity contribution in [3.8, 4) is 0 Å². The smallest absolute Gasteiger partial charge is 0.343 e. The van der Waals surface area contributed by atoms with E-state index in [0.717, 1.165) is 28.1 Å². The zero-order valence-corrected chi connectivity index (χ0v) is 16.8. The minimum absolute atomic E-state index is 0.00965. The van der Waals surface area contributed by atoms with Crippen molar-refractivity contribution in [1.82, 2.24) is 10.3 Å². The average molecular weight is 435 g/mol. The fraction of sp³-hybridized carbons (Fsp3) is 0.286. The number of aryl methyl sites for hydroxylation is 1. The molecule has 0 aliphatic carbocycles. The van der Waals surface area contributed by atoms with Gasteiger partial charge in [0.2, 0.25) is 5.91 Å². The first-order valence-corrected chi connectivity index (χ1v) is 10.2.